The molecule has 0 radical (unpaired) electrons. The Bertz CT molecular complexity index is 439. The summed E-state index contributed by atoms with van der Waals surface area (Å²) in [4.78, 5) is 11.9. The van der Waals surface area contributed by atoms with E-state index in [2.05, 4.69) is 5.32 Å². The van der Waals surface area contributed by atoms with E-state index in [0.29, 0.717) is 17.8 Å². The summed E-state index contributed by atoms with van der Waals surface area (Å²) in [5.41, 5.74) is 7.00. The summed E-state index contributed by atoms with van der Waals surface area (Å²) in [5.74, 6) is -0.171. The second kappa shape index (κ2) is 4.37. The average Bonchev–Trinajstić information content (AvgIpc) is 2.26. The Morgan fingerprint density at radius 2 is 2.24 bits per heavy atom. The highest BCUT2D eigenvalue weighted by molar-refractivity contribution is 5.96. The van der Waals surface area contributed by atoms with Crippen molar-refractivity contribution in [3.05, 3.63) is 29.3 Å². The smallest absolute Gasteiger partial charge is 0.251 e. The lowest BCUT2D eigenvalue weighted by molar-refractivity contribution is -0.0300. The second-order valence-electron chi connectivity index (χ2n) is 4.83. The molecule has 17 heavy (non-hydrogen) atoms. The molecule has 1 aromatic rings. The van der Waals surface area contributed by atoms with E-state index in [1.54, 1.807) is 12.1 Å². The van der Waals surface area contributed by atoms with Crippen LogP contribution in [0, 0.1) is 6.92 Å². The number of nitrogen functional groups attached to an aromatic ring is 1. The van der Waals surface area contributed by atoms with Gasteiger partial charge in [-0.05, 0) is 43.9 Å². The highest BCUT2D eigenvalue weighted by Crippen LogP contribution is 2.30. The van der Waals surface area contributed by atoms with Gasteiger partial charge in [0.2, 0.25) is 0 Å². The van der Waals surface area contributed by atoms with Crippen molar-refractivity contribution < 1.29 is 9.90 Å². The van der Waals surface area contributed by atoms with E-state index < -0.39 is 5.60 Å². The third kappa shape index (κ3) is 2.58. The van der Waals surface area contributed by atoms with Crippen molar-refractivity contribution in [1.82, 2.24) is 5.32 Å². The van der Waals surface area contributed by atoms with E-state index in [1.165, 1.54) is 0 Å². The van der Waals surface area contributed by atoms with Gasteiger partial charge in [-0.15, -0.1) is 0 Å². The van der Waals surface area contributed by atoms with Crippen molar-refractivity contribution in [2.45, 2.75) is 31.8 Å². The minimum atomic E-state index is -0.691. The van der Waals surface area contributed by atoms with Crippen LogP contribution in [0.3, 0.4) is 0 Å². The van der Waals surface area contributed by atoms with Crippen molar-refractivity contribution in [1.29, 1.82) is 0 Å². The van der Waals surface area contributed by atoms with Crippen molar-refractivity contribution in [3.63, 3.8) is 0 Å². The van der Waals surface area contributed by atoms with E-state index >= 15 is 0 Å². The Kier molecular flexibility index (Phi) is 3.07. The van der Waals surface area contributed by atoms with Gasteiger partial charge in [-0.3, -0.25) is 4.79 Å². The summed E-state index contributed by atoms with van der Waals surface area (Å²) in [6.45, 7) is 2.19. The topological polar surface area (TPSA) is 75.4 Å². The van der Waals surface area contributed by atoms with Gasteiger partial charge in [0.15, 0.2) is 0 Å². The maximum Gasteiger partial charge on any atom is 0.251 e. The van der Waals surface area contributed by atoms with Crippen LogP contribution in [0.1, 0.15) is 35.2 Å². The zero-order valence-electron chi connectivity index (χ0n) is 9.99. The first-order valence-electron chi connectivity index (χ1n) is 5.87. The molecular weight excluding hydrogens is 216 g/mol. The van der Waals surface area contributed by atoms with Crippen LogP contribution in [-0.4, -0.2) is 23.2 Å². The summed E-state index contributed by atoms with van der Waals surface area (Å²) in [6.07, 6.45) is 2.57. The number of benzene rings is 1. The molecule has 4 heteroatoms. The molecule has 1 aliphatic rings. The Morgan fingerprint density at radius 1 is 1.53 bits per heavy atom. The second-order valence-corrected chi connectivity index (χ2v) is 4.83. The van der Waals surface area contributed by atoms with Gasteiger partial charge in [0.25, 0.3) is 5.91 Å². The van der Waals surface area contributed by atoms with Gasteiger partial charge < -0.3 is 16.2 Å². The number of nitrogens with one attached hydrogen (secondary N) is 1. The largest absolute Gasteiger partial charge is 0.399 e. The number of rotatable bonds is 3. The fraction of sp³-hybridized carbons (Fsp3) is 0.462. The Morgan fingerprint density at radius 3 is 2.82 bits per heavy atom. The normalized spacial score (nSPS) is 17.3. The van der Waals surface area contributed by atoms with Crippen LogP contribution in [0.4, 0.5) is 5.69 Å². The standard InChI is InChI=1S/C13H18N2O2/c1-9-3-4-10(14)7-11(9)12(16)15-8-13(17)5-2-6-13/h3-4,7,17H,2,5-6,8,14H2,1H3,(H,15,16). The third-order valence-electron chi connectivity index (χ3n) is 3.37. The Labute approximate surface area is 101 Å². The first kappa shape index (κ1) is 11.9. The number of aryl methyl sites for hydroxylation is 1. The fourth-order valence-corrected chi connectivity index (χ4v) is 1.99. The molecule has 0 heterocycles. The molecule has 92 valence electrons. The molecule has 1 aliphatic carbocycles. The van der Waals surface area contributed by atoms with Crippen molar-refractivity contribution in [3.8, 4) is 0 Å². The van der Waals surface area contributed by atoms with E-state index in [4.69, 9.17) is 5.73 Å². The van der Waals surface area contributed by atoms with Gasteiger partial charge >= 0.3 is 0 Å². The number of nitrogens with two attached hydrogens (primary N) is 1. The van der Waals surface area contributed by atoms with Crippen molar-refractivity contribution >= 4 is 11.6 Å². The predicted octanol–water partition coefficient (Wildman–Crippen LogP) is 1.22. The maximum atomic E-state index is 11.9. The van der Waals surface area contributed by atoms with Crippen LogP contribution in [-0.2, 0) is 0 Å². The highest BCUT2D eigenvalue weighted by Gasteiger charge is 2.34. The summed E-state index contributed by atoms with van der Waals surface area (Å²) < 4.78 is 0. The van der Waals surface area contributed by atoms with Gasteiger partial charge in [0, 0.05) is 17.8 Å². The molecular formula is C13H18N2O2. The van der Waals surface area contributed by atoms with E-state index in [0.717, 1.165) is 24.8 Å². The number of anilines is 1. The van der Waals surface area contributed by atoms with Crippen LogP contribution in [0.5, 0.6) is 0 Å². The lowest BCUT2D eigenvalue weighted by Gasteiger charge is -2.36. The molecule has 1 fully saturated rings. The minimum absolute atomic E-state index is 0.171. The summed E-state index contributed by atoms with van der Waals surface area (Å²) >= 11 is 0. The van der Waals surface area contributed by atoms with Crippen LogP contribution < -0.4 is 11.1 Å². The molecule has 0 bridgehead atoms. The van der Waals surface area contributed by atoms with Gasteiger partial charge in [-0.1, -0.05) is 6.07 Å². The average molecular weight is 234 g/mol. The maximum absolute atomic E-state index is 11.9. The summed E-state index contributed by atoms with van der Waals surface area (Å²) in [7, 11) is 0. The predicted molar refractivity (Wildman–Crippen MR) is 66.7 cm³/mol. The van der Waals surface area contributed by atoms with Gasteiger partial charge in [0.1, 0.15) is 0 Å². The first-order valence-corrected chi connectivity index (χ1v) is 5.87. The van der Waals surface area contributed by atoms with Gasteiger partial charge in [-0.25, -0.2) is 0 Å². The van der Waals surface area contributed by atoms with Gasteiger partial charge in [-0.2, -0.15) is 0 Å². The quantitative estimate of drug-likeness (QED) is 0.688. The molecule has 1 aromatic carbocycles. The highest BCUT2D eigenvalue weighted by atomic mass is 16.3. The van der Waals surface area contributed by atoms with E-state index in [1.807, 2.05) is 13.0 Å². The number of carbonyl (C=O) groups is 1. The molecule has 0 aliphatic heterocycles. The SMILES string of the molecule is Cc1ccc(N)cc1C(=O)NCC1(O)CCC1. The van der Waals surface area contributed by atoms with Crippen LogP contribution in [0.25, 0.3) is 0 Å². The number of hydrogen-bond acceptors (Lipinski definition) is 3. The monoisotopic (exact) mass is 234 g/mol. The molecule has 4 N–H and O–H groups in total. The summed E-state index contributed by atoms with van der Waals surface area (Å²) in [5, 5.41) is 12.7. The molecule has 0 spiro atoms. The van der Waals surface area contributed by atoms with Crippen molar-refractivity contribution in [2.75, 3.05) is 12.3 Å². The summed E-state index contributed by atoms with van der Waals surface area (Å²) in [6, 6.07) is 5.25. The number of aliphatic hydroxyl groups is 1. The van der Waals surface area contributed by atoms with E-state index in [9.17, 15) is 9.90 Å². The third-order valence-corrected chi connectivity index (χ3v) is 3.37. The van der Waals surface area contributed by atoms with Crippen LogP contribution in [0.2, 0.25) is 0 Å². The molecule has 4 nitrogen and oxygen atoms in total. The molecule has 0 unspecified atom stereocenters. The molecule has 1 saturated carbocycles. The van der Waals surface area contributed by atoms with Gasteiger partial charge in [0.05, 0.1) is 5.60 Å². The van der Waals surface area contributed by atoms with Crippen molar-refractivity contribution in [2.24, 2.45) is 0 Å². The Balaban J connectivity index is 2.01. The molecule has 0 atom stereocenters. The number of carbonyl (C=O) groups excluding carboxylic acids is 1. The van der Waals surface area contributed by atoms with E-state index in [-0.39, 0.29) is 5.91 Å². The Hall–Kier alpha value is -1.55. The minimum Gasteiger partial charge on any atom is -0.399 e. The van der Waals surface area contributed by atoms with Crippen LogP contribution >= 0.6 is 0 Å². The molecule has 2 rings (SSSR count). The zero-order valence-corrected chi connectivity index (χ0v) is 9.99. The fourth-order valence-electron chi connectivity index (χ4n) is 1.99. The molecule has 1 amide bonds. The first-order chi connectivity index (χ1) is 8.00. The molecule has 0 saturated heterocycles. The zero-order chi connectivity index (χ0) is 12.5. The number of hydrogen-bond donors (Lipinski definition) is 3. The lowest BCUT2D eigenvalue weighted by Crippen LogP contribution is -2.47. The lowest BCUT2D eigenvalue weighted by atomic mass is 9.80. The molecule has 0 aromatic heterocycles. The van der Waals surface area contributed by atoms with Crippen LogP contribution in [0.15, 0.2) is 18.2 Å². The number of amides is 1.